The third-order valence-corrected chi connectivity index (χ3v) is 6.31. The van der Waals surface area contributed by atoms with E-state index >= 15 is 0 Å². The van der Waals surface area contributed by atoms with E-state index in [1.165, 1.54) is 4.68 Å². The Balaban J connectivity index is 1.51. The predicted octanol–water partition coefficient (Wildman–Crippen LogP) is 6.45. The average Bonchev–Trinajstić information content (AvgIpc) is 2.74. The molecule has 0 spiro atoms. The van der Waals surface area contributed by atoms with Gasteiger partial charge in [0.25, 0.3) is 5.56 Å². The fraction of sp³-hybridized carbons (Fsp3) is 0.0870. The van der Waals surface area contributed by atoms with Crippen LogP contribution in [-0.4, -0.2) is 15.9 Å². The van der Waals surface area contributed by atoms with Gasteiger partial charge in [-0.25, -0.2) is 4.98 Å². The minimum Gasteiger partial charge on any atom is -0.489 e. The lowest BCUT2D eigenvalue weighted by molar-refractivity contribution is 0.305. The van der Waals surface area contributed by atoms with Crippen LogP contribution in [0.3, 0.4) is 0 Å². The van der Waals surface area contributed by atoms with Crippen molar-refractivity contribution in [1.29, 1.82) is 0 Å². The zero-order valence-electron chi connectivity index (χ0n) is 16.3. The van der Waals surface area contributed by atoms with Gasteiger partial charge in [-0.3, -0.25) is 4.79 Å². The van der Waals surface area contributed by atoms with Crippen molar-refractivity contribution >= 4 is 64.9 Å². The van der Waals surface area contributed by atoms with Crippen LogP contribution in [0.5, 0.6) is 5.75 Å². The van der Waals surface area contributed by atoms with Crippen LogP contribution in [0.2, 0.25) is 0 Å². The van der Waals surface area contributed by atoms with Gasteiger partial charge in [0, 0.05) is 19.0 Å². The molecule has 8 heteroatoms. The fourth-order valence-electron chi connectivity index (χ4n) is 2.97. The van der Waals surface area contributed by atoms with Crippen LogP contribution in [0.15, 0.2) is 84.0 Å². The largest absolute Gasteiger partial charge is 0.489 e. The summed E-state index contributed by atoms with van der Waals surface area (Å²) in [4.78, 5) is 17.3. The number of aryl methyl sites for hydroxylation is 1. The molecule has 3 aromatic carbocycles. The van der Waals surface area contributed by atoms with Crippen LogP contribution in [0.4, 0.5) is 0 Å². The molecule has 0 saturated carbocycles. The Morgan fingerprint density at radius 3 is 2.45 bits per heavy atom. The molecule has 0 saturated heterocycles. The normalized spacial score (nSPS) is 11.4. The number of fused-ring (bicyclic) bond motifs is 1. The summed E-state index contributed by atoms with van der Waals surface area (Å²) in [5, 5.41) is 4.86. The van der Waals surface area contributed by atoms with Gasteiger partial charge in [-0.05, 0) is 67.1 Å². The maximum Gasteiger partial charge on any atom is 0.282 e. The van der Waals surface area contributed by atoms with Crippen molar-refractivity contribution in [3.8, 4) is 5.75 Å². The van der Waals surface area contributed by atoms with Crippen LogP contribution >= 0.6 is 47.8 Å². The second-order valence-corrected chi connectivity index (χ2v) is 9.46. The summed E-state index contributed by atoms with van der Waals surface area (Å²) in [7, 11) is 0. The Morgan fingerprint density at radius 1 is 1.00 bits per heavy atom. The predicted molar refractivity (Wildman–Crippen MR) is 134 cm³/mol. The van der Waals surface area contributed by atoms with Gasteiger partial charge in [0.05, 0.1) is 17.1 Å². The molecule has 5 nitrogen and oxygen atoms in total. The lowest BCUT2D eigenvalue weighted by Crippen LogP contribution is -2.20. The van der Waals surface area contributed by atoms with Crippen molar-refractivity contribution in [2.24, 2.45) is 5.10 Å². The van der Waals surface area contributed by atoms with Crippen molar-refractivity contribution in [3.05, 3.63) is 101 Å². The molecule has 4 rings (SSSR count). The Morgan fingerprint density at radius 2 is 1.71 bits per heavy atom. The van der Waals surface area contributed by atoms with Crippen LogP contribution < -0.4 is 10.3 Å². The molecular weight excluding hydrogens is 590 g/mol. The number of hydrogen-bond acceptors (Lipinski definition) is 4. The highest BCUT2D eigenvalue weighted by molar-refractivity contribution is 9.11. The molecule has 1 heterocycles. The van der Waals surface area contributed by atoms with E-state index in [9.17, 15) is 4.79 Å². The molecule has 0 aliphatic heterocycles. The molecule has 0 N–H and O–H groups in total. The monoisotopic (exact) mass is 603 g/mol. The summed E-state index contributed by atoms with van der Waals surface area (Å²) in [6.45, 7) is 2.21. The highest BCUT2D eigenvalue weighted by Gasteiger charge is 2.08. The topological polar surface area (TPSA) is 56.5 Å². The number of rotatable bonds is 5. The third-order valence-electron chi connectivity index (χ3n) is 4.58. The molecule has 0 unspecified atom stereocenters. The van der Waals surface area contributed by atoms with Crippen LogP contribution in [0.1, 0.15) is 17.0 Å². The summed E-state index contributed by atoms with van der Waals surface area (Å²) in [6, 6.07) is 18.9. The maximum absolute atomic E-state index is 12.8. The van der Waals surface area contributed by atoms with E-state index in [0.717, 1.165) is 30.3 Å². The Kier molecular flexibility index (Phi) is 6.69. The number of ether oxygens (including phenoxy) is 1. The minimum atomic E-state index is -0.208. The van der Waals surface area contributed by atoms with E-state index in [1.807, 2.05) is 54.6 Å². The van der Waals surface area contributed by atoms with Gasteiger partial charge in [-0.2, -0.15) is 9.78 Å². The quantitative estimate of drug-likeness (QED) is 0.246. The van der Waals surface area contributed by atoms with E-state index in [4.69, 9.17) is 4.74 Å². The molecule has 0 amide bonds. The standard InChI is InChI=1S/C23H16Br3N3O2/c1-14-28-22-9-6-17(24)10-20(22)23(30)29(14)27-12-15-2-7-19(8-3-15)31-13-16-4-5-18(25)11-21(16)26/h2-12H,13H2,1H3. The number of halogens is 3. The van der Waals surface area contributed by atoms with E-state index in [2.05, 4.69) is 57.9 Å². The summed E-state index contributed by atoms with van der Waals surface area (Å²) in [5.74, 6) is 1.27. The van der Waals surface area contributed by atoms with Crippen molar-refractivity contribution < 1.29 is 4.74 Å². The zero-order chi connectivity index (χ0) is 22.0. The first-order valence-electron chi connectivity index (χ1n) is 9.31. The SMILES string of the molecule is Cc1nc2ccc(Br)cc2c(=O)n1N=Cc1ccc(OCc2ccc(Br)cc2Br)cc1. The summed E-state index contributed by atoms with van der Waals surface area (Å²) >= 11 is 10.4. The Labute approximate surface area is 204 Å². The molecule has 31 heavy (non-hydrogen) atoms. The molecule has 0 fully saturated rings. The van der Waals surface area contributed by atoms with Crippen molar-refractivity contribution in [1.82, 2.24) is 9.66 Å². The minimum absolute atomic E-state index is 0.208. The summed E-state index contributed by atoms with van der Waals surface area (Å²) < 4.78 is 10.00. The molecule has 1 aromatic heterocycles. The molecule has 0 aliphatic carbocycles. The van der Waals surface area contributed by atoms with Gasteiger partial charge < -0.3 is 4.74 Å². The first-order valence-corrected chi connectivity index (χ1v) is 11.7. The lowest BCUT2D eigenvalue weighted by Gasteiger charge is -2.09. The van der Waals surface area contributed by atoms with E-state index in [-0.39, 0.29) is 5.56 Å². The van der Waals surface area contributed by atoms with Crippen LogP contribution in [0.25, 0.3) is 10.9 Å². The highest BCUT2D eigenvalue weighted by atomic mass is 79.9. The molecule has 0 atom stereocenters. The number of benzene rings is 3. The van der Waals surface area contributed by atoms with E-state index in [0.29, 0.717) is 23.3 Å². The summed E-state index contributed by atoms with van der Waals surface area (Å²) in [6.07, 6.45) is 1.63. The smallest absolute Gasteiger partial charge is 0.282 e. The van der Waals surface area contributed by atoms with Gasteiger partial charge >= 0.3 is 0 Å². The Hall–Kier alpha value is -2.29. The molecule has 4 aromatic rings. The fourth-order valence-corrected chi connectivity index (χ4v) is 4.49. The number of nitrogens with zero attached hydrogens (tertiary/aromatic N) is 3. The van der Waals surface area contributed by atoms with Gasteiger partial charge in [-0.1, -0.05) is 53.9 Å². The molecule has 0 bridgehead atoms. The van der Waals surface area contributed by atoms with E-state index in [1.54, 1.807) is 19.2 Å². The van der Waals surface area contributed by atoms with Crippen LogP contribution in [0, 0.1) is 6.92 Å². The number of hydrogen-bond donors (Lipinski definition) is 0. The van der Waals surface area contributed by atoms with Crippen molar-refractivity contribution in [2.45, 2.75) is 13.5 Å². The third kappa shape index (κ3) is 5.14. The van der Waals surface area contributed by atoms with Gasteiger partial charge in [-0.15, -0.1) is 0 Å². The zero-order valence-corrected chi connectivity index (χ0v) is 21.1. The average molecular weight is 606 g/mol. The van der Waals surface area contributed by atoms with Crippen molar-refractivity contribution in [3.63, 3.8) is 0 Å². The van der Waals surface area contributed by atoms with E-state index < -0.39 is 0 Å². The lowest BCUT2D eigenvalue weighted by atomic mass is 10.2. The van der Waals surface area contributed by atoms with Gasteiger partial charge in [0.15, 0.2) is 0 Å². The molecule has 156 valence electrons. The number of aromatic nitrogens is 2. The van der Waals surface area contributed by atoms with Gasteiger partial charge in [0.2, 0.25) is 0 Å². The first-order chi connectivity index (χ1) is 14.9. The molecule has 0 radical (unpaired) electrons. The second-order valence-electron chi connectivity index (χ2n) is 6.78. The second kappa shape index (κ2) is 9.46. The maximum atomic E-state index is 12.8. The first kappa shape index (κ1) is 21.9. The molecule has 0 aliphatic rings. The van der Waals surface area contributed by atoms with Crippen molar-refractivity contribution in [2.75, 3.05) is 0 Å². The van der Waals surface area contributed by atoms with Crippen LogP contribution in [-0.2, 0) is 6.61 Å². The Bertz CT molecular complexity index is 1350. The summed E-state index contributed by atoms with van der Waals surface area (Å²) in [5.41, 5.74) is 2.34. The van der Waals surface area contributed by atoms with Gasteiger partial charge in [0.1, 0.15) is 18.2 Å². The molecular formula is C23H16Br3N3O2. The highest BCUT2D eigenvalue weighted by Crippen LogP contribution is 2.23.